The molecule has 0 fully saturated rings. The molecule has 0 spiro atoms. The molecular formula is C66H46N2. The van der Waals surface area contributed by atoms with E-state index in [4.69, 9.17) is 0 Å². The fourth-order valence-electron chi connectivity index (χ4n) is 11.2. The summed E-state index contributed by atoms with van der Waals surface area (Å²) in [5.41, 5.74) is 20.3. The van der Waals surface area contributed by atoms with Crippen LogP contribution in [0.1, 0.15) is 23.6 Å². The Balaban J connectivity index is 0.961. The number of benzene rings is 11. The van der Waals surface area contributed by atoms with Crippen LogP contribution in [0.5, 0.6) is 0 Å². The van der Waals surface area contributed by atoms with Crippen molar-refractivity contribution in [2.45, 2.75) is 12.3 Å². The van der Waals surface area contributed by atoms with Gasteiger partial charge in [0.25, 0.3) is 0 Å². The third kappa shape index (κ3) is 6.33. The van der Waals surface area contributed by atoms with Crippen LogP contribution in [0, 0.1) is 0 Å². The van der Waals surface area contributed by atoms with Gasteiger partial charge < -0.3 is 9.47 Å². The average molecular weight is 867 g/mol. The Bertz CT molecular complexity index is 3830. The zero-order chi connectivity index (χ0) is 45.2. The van der Waals surface area contributed by atoms with Gasteiger partial charge in [0.2, 0.25) is 0 Å². The third-order valence-corrected chi connectivity index (χ3v) is 14.5. The summed E-state index contributed by atoms with van der Waals surface area (Å²) in [7, 11) is 0. The lowest BCUT2D eigenvalue weighted by atomic mass is 9.74. The number of anilines is 3. The minimum atomic E-state index is -0.324. The molecule has 0 N–H and O–H groups in total. The van der Waals surface area contributed by atoms with Crippen molar-refractivity contribution >= 4 is 49.6 Å². The quantitative estimate of drug-likeness (QED) is 0.148. The molecule has 0 amide bonds. The summed E-state index contributed by atoms with van der Waals surface area (Å²) < 4.78 is 2.43. The van der Waals surface area contributed by atoms with Crippen LogP contribution in [0.3, 0.4) is 0 Å². The van der Waals surface area contributed by atoms with Gasteiger partial charge in [-0.05, 0) is 140 Å². The normalized spacial score (nSPS) is 14.0. The Morgan fingerprint density at radius 2 is 0.853 bits per heavy atom. The van der Waals surface area contributed by atoms with Crippen molar-refractivity contribution in [1.29, 1.82) is 0 Å². The SMILES string of the molecule is CC1(c2ccccc2)c2ccccc2-c2ccc(N(c3ccc(-c4cccc(-c5ccccc5)c4)cc3)c3ccc(-c4cc5c6ccccc6n(-c6ccccc6)c5c5ccccc45)cc3)cc21. The van der Waals surface area contributed by atoms with Gasteiger partial charge in [0.05, 0.1) is 11.0 Å². The molecule has 0 bridgehead atoms. The van der Waals surface area contributed by atoms with Crippen molar-refractivity contribution in [2.75, 3.05) is 4.90 Å². The van der Waals surface area contributed by atoms with E-state index in [1.165, 1.54) is 93.8 Å². The first-order chi connectivity index (χ1) is 33.6. The van der Waals surface area contributed by atoms with E-state index >= 15 is 0 Å². The van der Waals surface area contributed by atoms with Gasteiger partial charge in [0.1, 0.15) is 0 Å². The van der Waals surface area contributed by atoms with Crippen molar-refractivity contribution in [3.05, 3.63) is 278 Å². The number of para-hydroxylation sites is 2. The minimum absolute atomic E-state index is 0.324. The van der Waals surface area contributed by atoms with Crippen molar-refractivity contribution in [1.82, 2.24) is 4.57 Å². The molecule has 0 saturated carbocycles. The van der Waals surface area contributed by atoms with Crippen LogP contribution in [0.25, 0.3) is 82.8 Å². The summed E-state index contributed by atoms with van der Waals surface area (Å²) >= 11 is 0. The molecule has 0 radical (unpaired) electrons. The van der Waals surface area contributed by atoms with Gasteiger partial charge in [-0.25, -0.2) is 0 Å². The Morgan fingerprint density at radius 1 is 0.324 bits per heavy atom. The second kappa shape index (κ2) is 16.0. The molecule has 1 aromatic heterocycles. The number of aromatic nitrogens is 1. The minimum Gasteiger partial charge on any atom is -0.310 e. The number of fused-ring (bicyclic) bond motifs is 8. The van der Waals surface area contributed by atoms with Crippen LogP contribution < -0.4 is 4.90 Å². The zero-order valence-electron chi connectivity index (χ0n) is 37.7. The number of rotatable bonds is 8. The number of hydrogen-bond acceptors (Lipinski definition) is 1. The van der Waals surface area contributed by atoms with E-state index in [0.29, 0.717) is 0 Å². The molecule has 1 unspecified atom stereocenters. The highest BCUT2D eigenvalue weighted by molar-refractivity contribution is 6.22. The van der Waals surface area contributed by atoms with E-state index < -0.39 is 0 Å². The van der Waals surface area contributed by atoms with Crippen molar-refractivity contribution in [3.8, 4) is 50.2 Å². The Labute approximate surface area is 397 Å². The Hall–Kier alpha value is -8.72. The first kappa shape index (κ1) is 39.6. The highest BCUT2D eigenvalue weighted by atomic mass is 15.1. The summed E-state index contributed by atoms with van der Waals surface area (Å²) in [5.74, 6) is 0. The van der Waals surface area contributed by atoms with Gasteiger partial charge >= 0.3 is 0 Å². The van der Waals surface area contributed by atoms with Crippen LogP contribution in [0.4, 0.5) is 17.1 Å². The molecule has 13 rings (SSSR count). The van der Waals surface area contributed by atoms with Crippen LogP contribution in [0.2, 0.25) is 0 Å². The van der Waals surface area contributed by atoms with E-state index in [1.807, 2.05) is 0 Å². The van der Waals surface area contributed by atoms with E-state index in [9.17, 15) is 0 Å². The molecule has 68 heavy (non-hydrogen) atoms. The van der Waals surface area contributed by atoms with Crippen molar-refractivity contribution in [2.24, 2.45) is 0 Å². The average Bonchev–Trinajstić information content (AvgIpc) is 3.89. The van der Waals surface area contributed by atoms with Crippen LogP contribution in [-0.4, -0.2) is 4.57 Å². The molecule has 2 heteroatoms. The maximum atomic E-state index is 2.44. The molecule has 1 atom stereocenters. The topological polar surface area (TPSA) is 8.17 Å². The molecule has 1 heterocycles. The Morgan fingerprint density at radius 3 is 1.57 bits per heavy atom. The van der Waals surface area contributed by atoms with E-state index in [-0.39, 0.29) is 5.41 Å². The number of hydrogen-bond donors (Lipinski definition) is 0. The van der Waals surface area contributed by atoms with E-state index in [2.05, 4.69) is 277 Å². The molecular weight excluding hydrogens is 821 g/mol. The highest BCUT2D eigenvalue weighted by Crippen LogP contribution is 2.54. The fourth-order valence-corrected chi connectivity index (χ4v) is 11.2. The van der Waals surface area contributed by atoms with Crippen molar-refractivity contribution in [3.63, 3.8) is 0 Å². The van der Waals surface area contributed by atoms with Gasteiger partial charge in [-0.2, -0.15) is 0 Å². The van der Waals surface area contributed by atoms with Crippen LogP contribution in [-0.2, 0) is 5.41 Å². The van der Waals surface area contributed by atoms with Gasteiger partial charge in [-0.3, -0.25) is 0 Å². The predicted octanol–water partition coefficient (Wildman–Crippen LogP) is 17.7. The standard InChI is InChI=1S/C66H46N2/c1-66(50-22-7-3-8-23-50)62-30-15-13-27-56(62)57-41-40-54(43-63(57)66)67(52-36-32-46(33-37-52)49-21-17-20-48(42-49)45-18-5-2-6-19-45)53-38-34-47(35-39-53)60-44-61-58-28-14-16-31-64(58)68(51-24-9-4-10-25-51)65(61)59-29-12-11-26-55(59)60/h2-44H,1H3. The van der Waals surface area contributed by atoms with Gasteiger partial charge in [0.15, 0.2) is 0 Å². The molecule has 320 valence electrons. The first-order valence-corrected chi connectivity index (χ1v) is 23.6. The maximum Gasteiger partial charge on any atom is 0.0619 e. The maximum absolute atomic E-state index is 2.44. The number of nitrogens with zero attached hydrogens (tertiary/aromatic N) is 2. The summed E-state index contributed by atoms with van der Waals surface area (Å²) in [6.07, 6.45) is 0. The van der Waals surface area contributed by atoms with Crippen LogP contribution in [0.15, 0.2) is 261 Å². The van der Waals surface area contributed by atoms with Crippen molar-refractivity contribution < 1.29 is 0 Å². The van der Waals surface area contributed by atoms with E-state index in [0.717, 1.165) is 22.7 Å². The van der Waals surface area contributed by atoms with Crippen LogP contribution >= 0.6 is 0 Å². The molecule has 12 aromatic rings. The lowest BCUT2D eigenvalue weighted by Gasteiger charge is -2.31. The monoisotopic (exact) mass is 866 g/mol. The largest absolute Gasteiger partial charge is 0.310 e. The predicted molar refractivity (Wildman–Crippen MR) is 287 cm³/mol. The lowest BCUT2D eigenvalue weighted by molar-refractivity contribution is 0.714. The van der Waals surface area contributed by atoms with E-state index in [1.54, 1.807) is 0 Å². The van der Waals surface area contributed by atoms with Gasteiger partial charge in [-0.1, -0.05) is 194 Å². The van der Waals surface area contributed by atoms with Gasteiger partial charge in [0, 0.05) is 44.3 Å². The molecule has 1 aliphatic rings. The zero-order valence-corrected chi connectivity index (χ0v) is 37.7. The second-order valence-electron chi connectivity index (χ2n) is 18.2. The van der Waals surface area contributed by atoms with Gasteiger partial charge in [-0.15, -0.1) is 0 Å². The molecule has 2 nitrogen and oxygen atoms in total. The highest BCUT2D eigenvalue weighted by Gasteiger charge is 2.41. The third-order valence-electron chi connectivity index (χ3n) is 14.5. The second-order valence-corrected chi connectivity index (χ2v) is 18.2. The summed E-state index contributed by atoms with van der Waals surface area (Å²) in [5, 5.41) is 4.96. The molecule has 0 aliphatic heterocycles. The molecule has 11 aromatic carbocycles. The smallest absolute Gasteiger partial charge is 0.0619 e. The Kier molecular flexibility index (Phi) is 9.33. The molecule has 0 saturated heterocycles. The fraction of sp³-hybridized carbons (Fsp3) is 0.0303. The molecule has 1 aliphatic carbocycles. The lowest BCUT2D eigenvalue weighted by Crippen LogP contribution is -2.22. The summed E-state index contributed by atoms with van der Waals surface area (Å²) in [4.78, 5) is 2.43. The summed E-state index contributed by atoms with van der Waals surface area (Å²) in [6, 6.07) is 95.7. The summed E-state index contributed by atoms with van der Waals surface area (Å²) in [6.45, 7) is 2.40. The first-order valence-electron chi connectivity index (χ1n) is 23.6.